The summed E-state index contributed by atoms with van der Waals surface area (Å²) >= 11 is 0. The summed E-state index contributed by atoms with van der Waals surface area (Å²) in [6.07, 6.45) is 22.7. The molecule has 0 aliphatic rings. The minimum atomic E-state index is -1.08. The second-order valence-corrected chi connectivity index (χ2v) is 6.11. The van der Waals surface area contributed by atoms with Crippen molar-refractivity contribution in [3.63, 3.8) is 0 Å². The van der Waals surface area contributed by atoms with Crippen LogP contribution >= 0.6 is 0 Å². The zero-order valence-electron chi connectivity index (χ0n) is 15.1. The van der Waals surface area contributed by atoms with Gasteiger partial charge in [-0.2, -0.15) is 0 Å². The third kappa shape index (κ3) is 22.1. The SMILES string of the molecule is CCCCCCCCCCCCCCCCC=CC(=O)[O-].[Li+]. The summed E-state index contributed by atoms with van der Waals surface area (Å²) in [5.74, 6) is -1.08. The maximum absolute atomic E-state index is 10.1. The van der Waals surface area contributed by atoms with Gasteiger partial charge in [0.2, 0.25) is 0 Å². The maximum atomic E-state index is 10.1. The number of unbranched alkanes of at least 4 members (excludes halogenated alkanes) is 14. The van der Waals surface area contributed by atoms with Crippen molar-refractivity contribution in [1.82, 2.24) is 0 Å². The molecule has 0 aromatic rings. The Hall–Kier alpha value is -0.193. The van der Waals surface area contributed by atoms with Crippen LogP contribution in [-0.4, -0.2) is 5.97 Å². The first-order valence-electron chi connectivity index (χ1n) is 9.15. The van der Waals surface area contributed by atoms with E-state index in [1.54, 1.807) is 6.08 Å². The topological polar surface area (TPSA) is 40.1 Å². The quantitative estimate of drug-likeness (QED) is 0.249. The molecule has 0 spiro atoms. The molecule has 0 N–H and O–H groups in total. The van der Waals surface area contributed by atoms with E-state index >= 15 is 0 Å². The number of carboxylic acid groups (broad SMARTS) is 1. The van der Waals surface area contributed by atoms with Gasteiger partial charge in [0.25, 0.3) is 0 Å². The Morgan fingerprint density at radius 2 is 1.09 bits per heavy atom. The van der Waals surface area contributed by atoms with E-state index in [4.69, 9.17) is 0 Å². The molecule has 0 saturated carbocycles. The third-order valence-electron chi connectivity index (χ3n) is 3.98. The minimum absolute atomic E-state index is 0. The molecule has 3 heteroatoms. The van der Waals surface area contributed by atoms with E-state index in [9.17, 15) is 9.90 Å². The molecule has 124 valence electrons. The summed E-state index contributed by atoms with van der Waals surface area (Å²) in [6, 6.07) is 0. The summed E-state index contributed by atoms with van der Waals surface area (Å²) in [6.45, 7) is 2.27. The molecule has 0 aromatic heterocycles. The van der Waals surface area contributed by atoms with Gasteiger partial charge in [-0.1, -0.05) is 96.5 Å². The predicted molar refractivity (Wildman–Crippen MR) is 89.1 cm³/mol. The smallest absolute Gasteiger partial charge is 0.545 e. The largest absolute Gasteiger partial charge is 1.00 e. The van der Waals surface area contributed by atoms with Gasteiger partial charge in [0.1, 0.15) is 0 Å². The van der Waals surface area contributed by atoms with E-state index in [1.165, 1.54) is 83.5 Å². The van der Waals surface area contributed by atoms with E-state index in [0.717, 1.165) is 18.9 Å². The van der Waals surface area contributed by atoms with Crippen LogP contribution in [-0.2, 0) is 4.79 Å². The number of carbonyl (C=O) groups is 1. The van der Waals surface area contributed by atoms with E-state index in [-0.39, 0.29) is 18.9 Å². The first kappa shape index (κ1) is 24.1. The Kier molecular flexibility index (Phi) is 22.8. The van der Waals surface area contributed by atoms with Gasteiger partial charge >= 0.3 is 18.9 Å². The van der Waals surface area contributed by atoms with Crippen LogP contribution < -0.4 is 24.0 Å². The molecular formula is C19H35LiO2. The Labute approximate surface area is 150 Å². The molecule has 0 saturated heterocycles. The number of carbonyl (C=O) groups excluding carboxylic acids is 1. The summed E-state index contributed by atoms with van der Waals surface area (Å²) in [4.78, 5) is 10.1. The molecule has 2 nitrogen and oxygen atoms in total. The van der Waals surface area contributed by atoms with Gasteiger partial charge in [-0.3, -0.25) is 0 Å². The molecule has 0 unspecified atom stereocenters. The van der Waals surface area contributed by atoms with Gasteiger partial charge < -0.3 is 9.90 Å². The number of hydrogen-bond acceptors (Lipinski definition) is 2. The summed E-state index contributed by atoms with van der Waals surface area (Å²) in [5.41, 5.74) is 0. The zero-order chi connectivity index (χ0) is 15.6. The molecule has 0 amide bonds. The van der Waals surface area contributed by atoms with E-state index in [0.29, 0.717) is 0 Å². The van der Waals surface area contributed by atoms with Gasteiger partial charge in [-0.05, 0) is 18.9 Å². The van der Waals surface area contributed by atoms with Gasteiger partial charge in [0.15, 0.2) is 0 Å². The monoisotopic (exact) mass is 302 g/mol. The molecule has 0 rings (SSSR count). The van der Waals surface area contributed by atoms with E-state index in [1.807, 2.05) is 0 Å². The van der Waals surface area contributed by atoms with Crippen molar-refractivity contribution >= 4 is 5.97 Å². The average Bonchev–Trinajstić information content (AvgIpc) is 2.46. The Balaban J connectivity index is 0. The van der Waals surface area contributed by atoms with E-state index in [2.05, 4.69) is 6.92 Å². The molecule has 0 fully saturated rings. The first-order valence-corrected chi connectivity index (χ1v) is 9.15. The minimum Gasteiger partial charge on any atom is -0.545 e. The van der Waals surface area contributed by atoms with Crippen LogP contribution in [0.25, 0.3) is 0 Å². The fourth-order valence-electron chi connectivity index (χ4n) is 2.64. The molecule has 0 aromatic carbocycles. The molecule has 0 aliphatic heterocycles. The fraction of sp³-hybridized carbons (Fsp3) is 0.842. The maximum Gasteiger partial charge on any atom is 1.00 e. The summed E-state index contributed by atoms with van der Waals surface area (Å²) < 4.78 is 0. The molecule has 0 atom stereocenters. The molecule has 0 bridgehead atoms. The van der Waals surface area contributed by atoms with E-state index < -0.39 is 5.97 Å². The summed E-state index contributed by atoms with van der Waals surface area (Å²) in [5, 5.41) is 10.1. The van der Waals surface area contributed by atoms with Crippen molar-refractivity contribution < 1.29 is 28.8 Å². The van der Waals surface area contributed by atoms with Crippen LogP contribution in [0.5, 0.6) is 0 Å². The Morgan fingerprint density at radius 1 is 0.727 bits per heavy atom. The van der Waals surface area contributed by atoms with Crippen molar-refractivity contribution in [3.8, 4) is 0 Å². The zero-order valence-corrected chi connectivity index (χ0v) is 15.1. The number of carboxylic acids is 1. The molecule has 0 radical (unpaired) electrons. The number of rotatable bonds is 16. The van der Waals surface area contributed by atoms with Crippen LogP contribution in [0.2, 0.25) is 0 Å². The Morgan fingerprint density at radius 3 is 1.45 bits per heavy atom. The number of allylic oxidation sites excluding steroid dienone is 1. The van der Waals surface area contributed by atoms with Crippen LogP contribution in [0, 0.1) is 0 Å². The second kappa shape index (κ2) is 20.8. The second-order valence-electron chi connectivity index (χ2n) is 6.11. The molecule has 0 aliphatic carbocycles. The van der Waals surface area contributed by atoms with Crippen molar-refractivity contribution in [2.24, 2.45) is 0 Å². The predicted octanol–water partition coefficient (Wildman–Crippen LogP) is 2.17. The normalized spacial score (nSPS) is 10.8. The van der Waals surface area contributed by atoms with Gasteiger partial charge in [-0.15, -0.1) is 0 Å². The van der Waals surface area contributed by atoms with Crippen LogP contribution in [0.1, 0.15) is 103 Å². The fourth-order valence-corrected chi connectivity index (χ4v) is 2.64. The van der Waals surface area contributed by atoms with Crippen LogP contribution in [0.3, 0.4) is 0 Å². The van der Waals surface area contributed by atoms with Crippen molar-refractivity contribution in [2.75, 3.05) is 0 Å². The average molecular weight is 302 g/mol. The number of hydrogen-bond donors (Lipinski definition) is 0. The molecular weight excluding hydrogens is 267 g/mol. The van der Waals surface area contributed by atoms with Crippen LogP contribution in [0.4, 0.5) is 0 Å². The van der Waals surface area contributed by atoms with Crippen LogP contribution in [0.15, 0.2) is 12.2 Å². The van der Waals surface area contributed by atoms with Crippen molar-refractivity contribution in [3.05, 3.63) is 12.2 Å². The van der Waals surface area contributed by atoms with Crippen molar-refractivity contribution in [1.29, 1.82) is 0 Å². The standard InChI is InChI=1S/C19H36O2.Li/c1-2-3-4-5-6-7-8-9-10-11-12-13-14-15-16-17-18-19(20)21;/h17-18H,2-16H2,1H3,(H,20,21);/q;+1/p-1. The van der Waals surface area contributed by atoms with Gasteiger partial charge in [-0.25, -0.2) is 0 Å². The first-order chi connectivity index (χ1) is 10.3. The molecule has 22 heavy (non-hydrogen) atoms. The van der Waals surface area contributed by atoms with Gasteiger partial charge in [0.05, 0.1) is 5.97 Å². The Bertz CT molecular complexity index is 252. The third-order valence-corrected chi connectivity index (χ3v) is 3.98. The summed E-state index contributed by atoms with van der Waals surface area (Å²) in [7, 11) is 0. The molecule has 0 heterocycles. The number of aliphatic carboxylic acids is 1. The van der Waals surface area contributed by atoms with Crippen molar-refractivity contribution in [2.45, 2.75) is 103 Å². The van der Waals surface area contributed by atoms with Gasteiger partial charge in [0, 0.05) is 0 Å².